The van der Waals surface area contributed by atoms with E-state index in [4.69, 9.17) is 4.74 Å². The Morgan fingerprint density at radius 2 is 2.00 bits per heavy atom. The molecule has 23 heavy (non-hydrogen) atoms. The molecule has 6 nitrogen and oxygen atoms in total. The van der Waals surface area contributed by atoms with Gasteiger partial charge in [0.15, 0.2) is 0 Å². The van der Waals surface area contributed by atoms with E-state index in [0.717, 1.165) is 27.8 Å². The molecule has 0 saturated carbocycles. The number of rotatable bonds is 5. The highest BCUT2D eigenvalue weighted by molar-refractivity contribution is 7.70. The second kappa shape index (κ2) is 6.72. The number of ether oxygens (including phenoxy) is 1. The van der Waals surface area contributed by atoms with Gasteiger partial charge in [0.2, 0.25) is 10.9 Å². The smallest absolute Gasteiger partial charge is 0.201 e. The van der Waals surface area contributed by atoms with Gasteiger partial charge in [0, 0.05) is 29.4 Å². The van der Waals surface area contributed by atoms with Gasteiger partial charge < -0.3 is 4.74 Å². The predicted molar refractivity (Wildman–Crippen MR) is 88.7 cm³/mol. The van der Waals surface area contributed by atoms with Crippen LogP contribution in [0.25, 0.3) is 22.0 Å². The first-order chi connectivity index (χ1) is 11.2. The van der Waals surface area contributed by atoms with E-state index in [-0.39, 0.29) is 6.54 Å². The summed E-state index contributed by atoms with van der Waals surface area (Å²) in [5.74, 6) is 0.758. The number of nitrogens with zero attached hydrogens (tertiary/aromatic N) is 2. The number of hydrogen-bond acceptors (Lipinski definition) is 5. The zero-order valence-electron chi connectivity index (χ0n) is 12.4. The molecular weight excluding hydrogens is 314 g/mol. The van der Waals surface area contributed by atoms with E-state index in [0.29, 0.717) is 5.69 Å². The first-order valence-corrected chi connectivity index (χ1v) is 8.11. The molecule has 0 unspecified atom stereocenters. The Morgan fingerprint density at radius 3 is 2.70 bits per heavy atom. The summed E-state index contributed by atoms with van der Waals surface area (Å²) < 4.78 is 28.6. The quantitative estimate of drug-likeness (QED) is 0.699. The maximum absolute atomic E-state index is 10.5. The number of benzene rings is 1. The van der Waals surface area contributed by atoms with Crippen LogP contribution in [0.2, 0.25) is 0 Å². The van der Waals surface area contributed by atoms with Crippen LogP contribution in [-0.2, 0) is 17.4 Å². The van der Waals surface area contributed by atoms with Gasteiger partial charge in [0.25, 0.3) is 0 Å². The van der Waals surface area contributed by atoms with Gasteiger partial charge in [-0.1, -0.05) is 6.07 Å². The van der Waals surface area contributed by atoms with Gasteiger partial charge in [-0.25, -0.2) is 13.1 Å². The summed E-state index contributed by atoms with van der Waals surface area (Å²) in [5, 5.41) is 1.00. The van der Waals surface area contributed by atoms with Crippen LogP contribution in [0.3, 0.4) is 0 Å². The summed E-state index contributed by atoms with van der Waals surface area (Å²) >= 11 is 0. The van der Waals surface area contributed by atoms with Crippen molar-refractivity contribution in [1.29, 1.82) is 0 Å². The number of aromatic nitrogens is 2. The summed E-state index contributed by atoms with van der Waals surface area (Å²) in [4.78, 5) is 8.66. The third kappa shape index (κ3) is 3.46. The Kier molecular flexibility index (Phi) is 4.50. The fourth-order valence-electron chi connectivity index (χ4n) is 2.34. The minimum Gasteiger partial charge on any atom is -0.497 e. The van der Waals surface area contributed by atoms with Crippen molar-refractivity contribution in [2.24, 2.45) is 0 Å². The number of pyridine rings is 2. The Morgan fingerprint density at radius 1 is 1.13 bits per heavy atom. The number of methoxy groups -OCH3 is 1. The Bertz CT molecular complexity index is 900. The second-order valence-electron chi connectivity index (χ2n) is 4.87. The number of fused-ring (bicyclic) bond motifs is 1. The first kappa shape index (κ1) is 15.4. The molecule has 0 amide bonds. The van der Waals surface area contributed by atoms with Crippen LogP contribution in [0.15, 0.2) is 48.8 Å². The van der Waals surface area contributed by atoms with E-state index < -0.39 is 10.9 Å². The average molecular weight is 329 g/mol. The molecule has 2 aromatic heterocycles. The van der Waals surface area contributed by atoms with Crippen molar-refractivity contribution in [3.05, 3.63) is 54.5 Å². The monoisotopic (exact) mass is 329 g/mol. The van der Waals surface area contributed by atoms with Gasteiger partial charge in [0.1, 0.15) is 5.75 Å². The summed E-state index contributed by atoms with van der Waals surface area (Å²) in [7, 11) is -0.992. The molecule has 2 heterocycles. The van der Waals surface area contributed by atoms with Crippen molar-refractivity contribution in [2.45, 2.75) is 6.54 Å². The van der Waals surface area contributed by atoms with Gasteiger partial charge in [0.05, 0.1) is 24.9 Å². The van der Waals surface area contributed by atoms with Crippen LogP contribution in [-0.4, -0.2) is 25.5 Å². The maximum Gasteiger partial charge on any atom is 0.201 e. The topological polar surface area (TPSA) is 81.2 Å². The van der Waals surface area contributed by atoms with Crippen molar-refractivity contribution in [3.8, 4) is 16.9 Å². The highest BCUT2D eigenvalue weighted by Gasteiger charge is 2.06. The zero-order chi connectivity index (χ0) is 16.2. The summed E-state index contributed by atoms with van der Waals surface area (Å²) in [5.41, 5.74) is 3.46. The normalized spacial score (nSPS) is 11.0. The summed E-state index contributed by atoms with van der Waals surface area (Å²) in [6.07, 6.45) is 3.47. The van der Waals surface area contributed by atoms with Crippen molar-refractivity contribution in [2.75, 3.05) is 7.11 Å². The van der Waals surface area contributed by atoms with E-state index >= 15 is 0 Å². The maximum atomic E-state index is 10.5. The standard InChI is InChI=1S/C16H15N3O3S/c1-22-13-4-5-15-14(6-7-17-16(15)8-13)11-2-3-12(18-9-11)10-19-23(20)21/h2-9,23H,10H2,1H3,(H,19,20,21). The highest BCUT2D eigenvalue weighted by atomic mass is 32.2. The lowest BCUT2D eigenvalue weighted by Gasteiger charge is -2.08. The van der Waals surface area contributed by atoms with Crippen LogP contribution in [0.5, 0.6) is 5.75 Å². The molecule has 7 heteroatoms. The van der Waals surface area contributed by atoms with Crippen molar-refractivity contribution >= 4 is 21.8 Å². The lowest BCUT2D eigenvalue weighted by molar-refractivity contribution is 0.415. The SMILES string of the molecule is COc1ccc2c(-c3ccc(CN[SH](=O)=O)nc3)ccnc2c1. The van der Waals surface area contributed by atoms with Crippen LogP contribution in [0.4, 0.5) is 0 Å². The molecule has 0 aliphatic rings. The van der Waals surface area contributed by atoms with E-state index in [9.17, 15) is 8.42 Å². The summed E-state index contributed by atoms with van der Waals surface area (Å²) in [6, 6.07) is 11.4. The molecule has 0 aliphatic carbocycles. The van der Waals surface area contributed by atoms with Crippen molar-refractivity contribution in [3.63, 3.8) is 0 Å². The second-order valence-corrected chi connectivity index (χ2v) is 5.70. The first-order valence-electron chi connectivity index (χ1n) is 6.93. The molecule has 0 saturated heterocycles. The number of thiol groups is 1. The molecule has 0 aliphatic heterocycles. The Labute approximate surface area is 135 Å². The summed E-state index contributed by atoms with van der Waals surface area (Å²) in [6.45, 7) is 0.188. The van der Waals surface area contributed by atoms with Gasteiger partial charge in [-0.2, -0.15) is 0 Å². The molecule has 118 valence electrons. The van der Waals surface area contributed by atoms with E-state index in [1.165, 1.54) is 0 Å². The minimum atomic E-state index is -2.61. The third-order valence-electron chi connectivity index (χ3n) is 3.47. The Hall–Kier alpha value is -2.51. The van der Waals surface area contributed by atoms with Crippen LogP contribution >= 0.6 is 0 Å². The van der Waals surface area contributed by atoms with Crippen LogP contribution in [0.1, 0.15) is 5.69 Å². The van der Waals surface area contributed by atoms with E-state index in [2.05, 4.69) is 14.7 Å². The van der Waals surface area contributed by atoms with Gasteiger partial charge >= 0.3 is 0 Å². The molecule has 0 bridgehead atoms. The molecule has 1 aromatic carbocycles. The lowest BCUT2D eigenvalue weighted by Crippen LogP contribution is -2.11. The zero-order valence-corrected chi connectivity index (χ0v) is 13.3. The van der Waals surface area contributed by atoms with Crippen LogP contribution in [0, 0.1) is 0 Å². The van der Waals surface area contributed by atoms with Gasteiger partial charge in [-0.3, -0.25) is 9.97 Å². The molecule has 0 spiro atoms. The van der Waals surface area contributed by atoms with E-state index in [1.807, 2.05) is 30.3 Å². The Balaban J connectivity index is 1.96. The predicted octanol–water partition coefficient (Wildman–Crippen LogP) is 1.92. The molecule has 0 fully saturated rings. The lowest BCUT2D eigenvalue weighted by atomic mass is 10.0. The molecule has 0 atom stereocenters. The molecule has 1 N–H and O–H groups in total. The van der Waals surface area contributed by atoms with Crippen LogP contribution < -0.4 is 9.46 Å². The van der Waals surface area contributed by atoms with Crippen molar-refractivity contribution < 1.29 is 13.2 Å². The van der Waals surface area contributed by atoms with Gasteiger partial charge in [-0.15, -0.1) is 0 Å². The molecule has 3 aromatic rings. The molecular formula is C16H15N3O3S. The van der Waals surface area contributed by atoms with Gasteiger partial charge in [-0.05, 0) is 29.8 Å². The average Bonchev–Trinajstić information content (AvgIpc) is 2.59. The van der Waals surface area contributed by atoms with E-state index in [1.54, 1.807) is 25.6 Å². The largest absolute Gasteiger partial charge is 0.497 e. The molecule has 0 radical (unpaired) electrons. The fraction of sp³-hybridized carbons (Fsp3) is 0.125. The number of nitrogens with one attached hydrogen (secondary N) is 1. The molecule has 3 rings (SSSR count). The highest BCUT2D eigenvalue weighted by Crippen LogP contribution is 2.29. The fourth-order valence-corrected chi connectivity index (χ4v) is 2.63. The minimum absolute atomic E-state index is 0.188. The third-order valence-corrected chi connectivity index (χ3v) is 3.89. The van der Waals surface area contributed by atoms with Crippen molar-refractivity contribution in [1.82, 2.24) is 14.7 Å². The number of hydrogen-bond donors (Lipinski definition) is 2.